The van der Waals surface area contributed by atoms with Crippen LogP contribution < -0.4 is 10.6 Å². The number of carbonyl (C=O) groups is 1. The fourth-order valence-electron chi connectivity index (χ4n) is 2.94. The van der Waals surface area contributed by atoms with Crippen molar-refractivity contribution < 1.29 is 18.0 Å². The molecule has 0 spiro atoms. The summed E-state index contributed by atoms with van der Waals surface area (Å²) in [4.78, 5) is 21.1. The number of anilines is 1. The van der Waals surface area contributed by atoms with Gasteiger partial charge in [0.05, 0.1) is 10.9 Å². The molecule has 1 aromatic carbocycles. The van der Waals surface area contributed by atoms with Gasteiger partial charge in [0.2, 0.25) is 5.71 Å². The van der Waals surface area contributed by atoms with Crippen LogP contribution in [-0.2, 0) is 6.54 Å². The van der Waals surface area contributed by atoms with E-state index in [2.05, 4.69) is 27.5 Å². The number of hydrogen-bond acceptors (Lipinski definition) is 5. The zero-order valence-corrected chi connectivity index (χ0v) is 14.9. The van der Waals surface area contributed by atoms with Crippen LogP contribution in [0.5, 0.6) is 0 Å². The molecule has 1 fully saturated rings. The highest BCUT2D eigenvalue weighted by molar-refractivity contribution is 6.10. The standard InChI is InChI=1S/C19H18F2N4O2/c1-10-14(17(26)22-8-11-3-4-12(20)7-13(11)21)15-16(25-19(2)5-6-19)23-9-24-18(15)27-10/h3-4,7,9H,5-6,8H2,1-2H3,(H,22,26)(H,23,24,25). The van der Waals surface area contributed by atoms with Crippen LogP contribution in [0.25, 0.3) is 11.1 Å². The lowest BCUT2D eigenvalue weighted by molar-refractivity contribution is 0.0950. The average molecular weight is 372 g/mol. The molecule has 3 aromatic rings. The van der Waals surface area contributed by atoms with E-state index in [-0.39, 0.29) is 17.6 Å². The van der Waals surface area contributed by atoms with Gasteiger partial charge in [-0.1, -0.05) is 6.07 Å². The van der Waals surface area contributed by atoms with E-state index < -0.39 is 17.5 Å². The molecule has 1 aliphatic carbocycles. The SMILES string of the molecule is Cc1oc2ncnc(NC3(C)CC3)c2c1C(=O)NCc1ccc(F)cc1F. The Kier molecular flexibility index (Phi) is 4.05. The lowest BCUT2D eigenvalue weighted by Crippen LogP contribution is -2.24. The maximum Gasteiger partial charge on any atom is 0.255 e. The third kappa shape index (κ3) is 3.34. The van der Waals surface area contributed by atoms with Gasteiger partial charge < -0.3 is 15.1 Å². The third-order valence-electron chi connectivity index (χ3n) is 4.77. The van der Waals surface area contributed by atoms with Crippen molar-refractivity contribution in [2.45, 2.75) is 38.8 Å². The molecule has 0 aliphatic heterocycles. The quantitative estimate of drug-likeness (QED) is 0.714. The number of amides is 1. The minimum Gasteiger partial charge on any atom is -0.442 e. The highest BCUT2D eigenvalue weighted by Crippen LogP contribution is 2.40. The Labute approximate surface area is 154 Å². The first kappa shape index (κ1) is 17.4. The van der Waals surface area contributed by atoms with Gasteiger partial charge in [-0.15, -0.1) is 0 Å². The van der Waals surface area contributed by atoms with Crippen LogP contribution in [-0.4, -0.2) is 21.4 Å². The van der Waals surface area contributed by atoms with Crippen LogP contribution in [0.3, 0.4) is 0 Å². The van der Waals surface area contributed by atoms with E-state index in [9.17, 15) is 13.6 Å². The van der Waals surface area contributed by atoms with Crippen molar-refractivity contribution in [2.24, 2.45) is 0 Å². The molecule has 0 bridgehead atoms. The predicted molar refractivity (Wildman–Crippen MR) is 95.3 cm³/mol. The van der Waals surface area contributed by atoms with Gasteiger partial charge >= 0.3 is 0 Å². The number of furan rings is 1. The molecule has 0 radical (unpaired) electrons. The molecular formula is C19H18F2N4O2. The molecule has 4 rings (SSSR count). The van der Waals surface area contributed by atoms with Gasteiger partial charge in [-0.05, 0) is 32.8 Å². The van der Waals surface area contributed by atoms with E-state index in [1.165, 1.54) is 12.4 Å². The largest absolute Gasteiger partial charge is 0.442 e. The molecule has 27 heavy (non-hydrogen) atoms. The maximum atomic E-state index is 13.8. The van der Waals surface area contributed by atoms with Crippen molar-refractivity contribution >= 4 is 22.8 Å². The number of aryl methyl sites for hydroxylation is 1. The smallest absolute Gasteiger partial charge is 0.255 e. The Morgan fingerprint density at radius 1 is 1.30 bits per heavy atom. The van der Waals surface area contributed by atoms with Gasteiger partial charge in [0.25, 0.3) is 5.91 Å². The lowest BCUT2D eigenvalue weighted by Gasteiger charge is -2.13. The van der Waals surface area contributed by atoms with E-state index in [0.717, 1.165) is 25.0 Å². The van der Waals surface area contributed by atoms with Crippen molar-refractivity contribution in [1.82, 2.24) is 15.3 Å². The number of fused-ring (bicyclic) bond motifs is 1. The third-order valence-corrected chi connectivity index (χ3v) is 4.77. The number of benzene rings is 1. The van der Waals surface area contributed by atoms with Crippen molar-refractivity contribution in [3.8, 4) is 0 Å². The fourth-order valence-corrected chi connectivity index (χ4v) is 2.94. The molecule has 1 amide bonds. The second-order valence-electron chi connectivity index (χ2n) is 7.04. The Bertz CT molecular complexity index is 1040. The molecule has 2 aromatic heterocycles. The molecule has 140 valence electrons. The Morgan fingerprint density at radius 2 is 2.07 bits per heavy atom. The van der Waals surface area contributed by atoms with Crippen molar-refractivity contribution in [1.29, 1.82) is 0 Å². The van der Waals surface area contributed by atoms with Gasteiger partial charge in [-0.2, -0.15) is 0 Å². The maximum absolute atomic E-state index is 13.8. The molecule has 1 aliphatic rings. The van der Waals surface area contributed by atoms with Crippen LogP contribution in [0, 0.1) is 18.6 Å². The summed E-state index contributed by atoms with van der Waals surface area (Å²) in [6, 6.07) is 3.23. The predicted octanol–water partition coefficient (Wildman–Crippen LogP) is 3.70. The van der Waals surface area contributed by atoms with E-state index in [4.69, 9.17) is 4.42 Å². The van der Waals surface area contributed by atoms with Gasteiger partial charge in [-0.25, -0.2) is 18.7 Å². The number of hydrogen-bond donors (Lipinski definition) is 2. The number of aromatic nitrogens is 2. The van der Waals surface area contributed by atoms with Crippen LogP contribution >= 0.6 is 0 Å². The van der Waals surface area contributed by atoms with Crippen molar-refractivity contribution in [3.63, 3.8) is 0 Å². The normalized spacial score (nSPS) is 15.0. The second kappa shape index (κ2) is 6.29. The Balaban J connectivity index is 1.64. The van der Waals surface area contributed by atoms with Gasteiger partial charge in [0.15, 0.2) is 0 Å². The van der Waals surface area contributed by atoms with E-state index in [1.54, 1.807) is 6.92 Å². The van der Waals surface area contributed by atoms with Crippen molar-refractivity contribution in [2.75, 3.05) is 5.32 Å². The number of nitrogens with one attached hydrogen (secondary N) is 2. The first-order chi connectivity index (χ1) is 12.9. The number of nitrogens with zero attached hydrogens (tertiary/aromatic N) is 2. The zero-order chi connectivity index (χ0) is 19.2. The molecule has 0 saturated heterocycles. The highest BCUT2D eigenvalue weighted by atomic mass is 19.1. The van der Waals surface area contributed by atoms with Crippen LogP contribution in [0.1, 0.15) is 41.4 Å². The molecular weight excluding hydrogens is 354 g/mol. The lowest BCUT2D eigenvalue weighted by atomic mass is 10.1. The average Bonchev–Trinajstić information content (AvgIpc) is 3.22. The summed E-state index contributed by atoms with van der Waals surface area (Å²) in [5.41, 5.74) is 0.764. The topological polar surface area (TPSA) is 80.1 Å². The summed E-state index contributed by atoms with van der Waals surface area (Å²) in [7, 11) is 0. The first-order valence-electron chi connectivity index (χ1n) is 8.61. The van der Waals surface area contributed by atoms with Gasteiger partial charge in [0, 0.05) is 23.7 Å². The van der Waals surface area contributed by atoms with E-state index in [1.807, 2.05) is 0 Å². The second-order valence-corrected chi connectivity index (χ2v) is 7.04. The van der Waals surface area contributed by atoms with E-state index >= 15 is 0 Å². The van der Waals surface area contributed by atoms with Crippen molar-refractivity contribution in [3.05, 3.63) is 53.0 Å². The zero-order valence-electron chi connectivity index (χ0n) is 14.9. The van der Waals surface area contributed by atoms with E-state index in [0.29, 0.717) is 28.2 Å². The molecule has 2 heterocycles. The summed E-state index contributed by atoms with van der Waals surface area (Å²) in [5.74, 6) is -0.882. The number of rotatable bonds is 5. The van der Waals surface area contributed by atoms with Crippen LogP contribution in [0.15, 0.2) is 28.9 Å². The molecule has 1 saturated carbocycles. The summed E-state index contributed by atoms with van der Waals surface area (Å²) in [6.07, 6.45) is 3.41. The summed E-state index contributed by atoms with van der Waals surface area (Å²) < 4.78 is 32.4. The summed E-state index contributed by atoms with van der Waals surface area (Å²) in [5, 5.41) is 6.50. The Morgan fingerprint density at radius 3 is 2.78 bits per heavy atom. The van der Waals surface area contributed by atoms with Crippen LogP contribution in [0.4, 0.5) is 14.6 Å². The number of carbonyl (C=O) groups excluding carboxylic acids is 1. The first-order valence-corrected chi connectivity index (χ1v) is 8.61. The minimum atomic E-state index is -0.712. The molecule has 0 atom stereocenters. The summed E-state index contributed by atoms with van der Waals surface area (Å²) in [6.45, 7) is 3.66. The molecule has 6 nitrogen and oxygen atoms in total. The highest BCUT2D eigenvalue weighted by Gasteiger charge is 2.38. The Hall–Kier alpha value is -3.03. The molecule has 8 heteroatoms. The molecule has 0 unspecified atom stereocenters. The molecule has 2 N–H and O–H groups in total. The summed E-state index contributed by atoms with van der Waals surface area (Å²) >= 11 is 0. The fraction of sp³-hybridized carbons (Fsp3) is 0.316. The number of halogens is 2. The monoisotopic (exact) mass is 372 g/mol. The minimum absolute atomic E-state index is 0.0442. The van der Waals surface area contributed by atoms with Crippen LogP contribution in [0.2, 0.25) is 0 Å². The van der Waals surface area contributed by atoms with Gasteiger partial charge in [0.1, 0.15) is 29.5 Å². The van der Waals surface area contributed by atoms with Gasteiger partial charge in [-0.3, -0.25) is 4.79 Å².